The van der Waals surface area contributed by atoms with Gasteiger partial charge in [-0.25, -0.2) is 4.98 Å². The predicted octanol–water partition coefficient (Wildman–Crippen LogP) is 3.45. The molecule has 3 rings (SSSR count). The lowest BCUT2D eigenvalue weighted by molar-refractivity contribution is -0.137. The zero-order valence-electron chi connectivity index (χ0n) is 12.1. The molecule has 2 heterocycles. The van der Waals surface area contributed by atoms with Crippen LogP contribution < -0.4 is 5.32 Å². The Morgan fingerprint density at radius 2 is 2.04 bits per heavy atom. The van der Waals surface area contributed by atoms with Gasteiger partial charge in [-0.1, -0.05) is 16.8 Å². The fourth-order valence-electron chi connectivity index (χ4n) is 1.81. The topological polar surface area (TPSA) is 93.8 Å². The third-order valence-electron chi connectivity index (χ3n) is 2.95. The van der Waals surface area contributed by atoms with E-state index in [1.165, 1.54) is 18.6 Å². The summed E-state index contributed by atoms with van der Waals surface area (Å²) in [6, 6.07) is 2.54. The molecule has 1 amide bonds. The molecular weight excluding hydrogens is 363 g/mol. The highest BCUT2D eigenvalue weighted by Crippen LogP contribution is 2.33. The van der Waals surface area contributed by atoms with Gasteiger partial charge in [0.25, 0.3) is 0 Å². The van der Waals surface area contributed by atoms with E-state index in [1.54, 1.807) is 0 Å². The summed E-state index contributed by atoms with van der Waals surface area (Å²) >= 11 is 5.81. The third-order valence-corrected chi connectivity index (χ3v) is 3.28. The van der Waals surface area contributed by atoms with Crippen LogP contribution in [0, 0.1) is 0 Å². The number of halogens is 4. The number of hydrogen-bond donors (Lipinski definition) is 1. The second-order valence-electron chi connectivity index (χ2n) is 4.66. The molecule has 2 aromatic heterocycles. The molecule has 0 aliphatic heterocycles. The van der Waals surface area contributed by atoms with Crippen molar-refractivity contribution >= 4 is 23.2 Å². The zero-order chi connectivity index (χ0) is 18.0. The van der Waals surface area contributed by atoms with E-state index in [-0.39, 0.29) is 22.2 Å². The van der Waals surface area contributed by atoms with Crippen LogP contribution in [0.5, 0.6) is 0 Å². The summed E-state index contributed by atoms with van der Waals surface area (Å²) in [5.74, 6) is -1.37. The minimum Gasteiger partial charge on any atom is -0.328 e. The van der Waals surface area contributed by atoms with Gasteiger partial charge >= 0.3 is 18.0 Å². The molecule has 0 aliphatic carbocycles. The Bertz CT molecular complexity index is 914. The Labute approximate surface area is 142 Å². The molecule has 3 aromatic rings. The summed E-state index contributed by atoms with van der Waals surface area (Å²) in [5.41, 5.74) is -0.930. The van der Waals surface area contributed by atoms with Gasteiger partial charge in [-0.2, -0.15) is 18.2 Å². The number of anilines is 1. The van der Waals surface area contributed by atoms with Crippen molar-refractivity contribution in [3.05, 3.63) is 53.3 Å². The first-order chi connectivity index (χ1) is 11.8. The van der Waals surface area contributed by atoms with Gasteiger partial charge < -0.3 is 9.84 Å². The number of nitrogens with zero attached hydrogens (tertiary/aromatic N) is 4. The fraction of sp³-hybridized carbons (Fsp3) is 0.0714. The van der Waals surface area contributed by atoms with E-state index >= 15 is 0 Å². The third kappa shape index (κ3) is 3.74. The Morgan fingerprint density at radius 3 is 2.72 bits per heavy atom. The molecule has 0 saturated heterocycles. The first-order valence-corrected chi connectivity index (χ1v) is 7.00. The van der Waals surface area contributed by atoms with Crippen molar-refractivity contribution in [2.45, 2.75) is 6.18 Å². The normalized spacial score (nSPS) is 11.4. The van der Waals surface area contributed by atoms with Crippen molar-refractivity contribution in [1.29, 1.82) is 0 Å². The molecule has 0 fully saturated rings. The van der Waals surface area contributed by atoms with Gasteiger partial charge in [0.1, 0.15) is 5.69 Å². The van der Waals surface area contributed by atoms with Crippen molar-refractivity contribution in [2.75, 3.05) is 5.32 Å². The Balaban J connectivity index is 1.83. The van der Waals surface area contributed by atoms with Crippen molar-refractivity contribution < 1.29 is 22.5 Å². The minimum absolute atomic E-state index is 0.00777. The lowest BCUT2D eigenvalue weighted by atomic mass is 10.2. The summed E-state index contributed by atoms with van der Waals surface area (Å²) in [6.07, 6.45) is -0.384. The zero-order valence-corrected chi connectivity index (χ0v) is 12.8. The van der Waals surface area contributed by atoms with Crippen molar-refractivity contribution in [1.82, 2.24) is 20.1 Å². The van der Waals surface area contributed by atoms with Crippen molar-refractivity contribution in [3.8, 4) is 11.5 Å². The number of alkyl halides is 3. The number of benzene rings is 1. The molecule has 0 unspecified atom stereocenters. The maximum absolute atomic E-state index is 12.7. The molecule has 0 radical (unpaired) electrons. The molecule has 25 heavy (non-hydrogen) atoms. The first-order valence-electron chi connectivity index (χ1n) is 6.63. The number of carbonyl (C=O) groups is 1. The van der Waals surface area contributed by atoms with Crippen LogP contribution in [0.4, 0.5) is 18.9 Å². The average molecular weight is 370 g/mol. The highest BCUT2D eigenvalue weighted by Gasteiger charge is 2.31. The number of rotatable bonds is 3. The van der Waals surface area contributed by atoms with Gasteiger partial charge in [-0.05, 0) is 18.2 Å². The maximum atomic E-state index is 12.7. The predicted molar refractivity (Wildman–Crippen MR) is 79.7 cm³/mol. The monoisotopic (exact) mass is 369 g/mol. The van der Waals surface area contributed by atoms with Crippen LogP contribution in [0.3, 0.4) is 0 Å². The molecule has 0 spiro atoms. The first kappa shape index (κ1) is 16.8. The Morgan fingerprint density at radius 1 is 1.24 bits per heavy atom. The molecule has 0 atom stereocenters. The van der Waals surface area contributed by atoms with E-state index in [2.05, 4.69) is 25.4 Å². The lowest BCUT2D eigenvalue weighted by Gasteiger charge is -2.10. The molecular formula is C14H7ClF3N5O2. The van der Waals surface area contributed by atoms with Crippen LogP contribution in [0.2, 0.25) is 5.02 Å². The van der Waals surface area contributed by atoms with E-state index in [4.69, 9.17) is 16.1 Å². The highest BCUT2D eigenvalue weighted by atomic mass is 35.5. The summed E-state index contributed by atoms with van der Waals surface area (Å²) in [4.78, 5) is 23.7. The maximum Gasteiger partial charge on any atom is 0.416 e. The standard InChI is InChI=1S/C14H7ClF3N5O2/c15-8-2-1-7(14(16,17)18)5-9(8)21-12(24)13-22-11(23-25-13)10-6-19-3-4-20-10/h1-6H,(H,21,24). The van der Waals surface area contributed by atoms with Gasteiger partial charge in [-0.3, -0.25) is 9.78 Å². The summed E-state index contributed by atoms with van der Waals surface area (Å²) in [6.45, 7) is 0. The van der Waals surface area contributed by atoms with Gasteiger partial charge in [0, 0.05) is 12.4 Å². The fourth-order valence-corrected chi connectivity index (χ4v) is 1.97. The molecule has 128 valence electrons. The van der Waals surface area contributed by atoms with Gasteiger partial charge in [0.05, 0.1) is 22.5 Å². The molecule has 0 bridgehead atoms. The highest BCUT2D eigenvalue weighted by molar-refractivity contribution is 6.33. The Kier molecular flexibility index (Phi) is 4.36. The summed E-state index contributed by atoms with van der Waals surface area (Å²) < 4.78 is 43.0. The molecule has 11 heteroatoms. The second-order valence-corrected chi connectivity index (χ2v) is 5.07. The second kappa shape index (κ2) is 6.48. The number of aromatic nitrogens is 4. The van der Waals surface area contributed by atoms with Gasteiger partial charge in [0.15, 0.2) is 0 Å². The molecule has 1 N–H and O–H groups in total. The number of carbonyl (C=O) groups excluding carboxylic acids is 1. The van der Waals surface area contributed by atoms with Crippen LogP contribution in [0.1, 0.15) is 16.2 Å². The van der Waals surface area contributed by atoms with E-state index in [0.717, 1.165) is 12.1 Å². The van der Waals surface area contributed by atoms with Crippen LogP contribution >= 0.6 is 11.6 Å². The number of hydrogen-bond acceptors (Lipinski definition) is 6. The van der Waals surface area contributed by atoms with Crippen LogP contribution in [0.15, 0.2) is 41.3 Å². The van der Waals surface area contributed by atoms with E-state index < -0.39 is 23.5 Å². The quantitative estimate of drug-likeness (QED) is 0.760. The van der Waals surface area contributed by atoms with E-state index in [0.29, 0.717) is 6.07 Å². The van der Waals surface area contributed by atoms with Gasteiger partial charge in [-0.15, -0.1) is 0 Å². The van der Waals surface area contributed by atoms with Crippen LogP contribution in [0.25, 0.3) is 11.5 Å². The van der Waals surface area contributed by atoms with E-state index in [9.17, 15) is 18.0 Å². The summed E-state index contributed by atoms with van der Waals surface area (Å²) in [7, 11) is 0. The van der Waals surface area contributed by atoms with Gasteiger partial charge in [0.2, 0.25) is 5.82 Å². The average Bonchev–Trinajstić information content (AvgIpc) is 3.07. The van der Waals surface area contributed by atoms with Crippen LogP contribution in [-0.2, 0) is 6.18 Å². The van der Waals surface area contributed by atoms with E-state index in [1.807, 2.05) is 0 Å². The number of nitrogens with one attached hydrogen (secondary N) is 1. The van der Waals surface area contributed by atoms with Crippen molar-refractivity contribution in [3.63, 3.8) is 0 Å². The Hall–Kier alpha value is -3.01. The molecule has 1 aromatic carbocycles. The number of amides is 1. The van der Waals surface area contributed by atoms with Crippen LogP contribution in [-0.4, -0.2) is 26.0 Å². The summed E-state index contributed by atoms with van der Waals surface area (Å²) in [5, 5.41) is 5.69. The van der Waals surface area contributed by atoms with Crippen molar-refractivity contribution in [2.24, 2.45) is 0 Å². The molecule has 7 nitrogen and oxygen atoms in total. The smallest absolute Gasteiger partial charge is 0.328 e. The lowest BCUT2D eigenvalue weighted by Crippen LogP contribution is -2.14. The minimum atomic E-state index is -4.58. The largest absolute Gasteiger partial charge is 0.416 e. The molecule has 0 aliphatic rings. The molecule has 0 saturated carbocycles. The SMILES string of the molecule is O=C(Nc1cc(C(F)(F)F)ccc1Cl)c1nc(-c2cnccn2)no1.